The van der Waals surface area contributed by atoms with E-state index in [1.165, 1.54) is 5.56 Å². The fourth-order valence-electron chi connectivity index (χ4n) is 3.83. The monoisotopic (exact) mass is 227 g/mol. The van der Waals surface area contributed by atoms with Crippen LogP contribution in [0.1, 0.15) is 30.7 Å². The second-order valence-corrected chi connectivity index (χ2v) is 5.24. The molecule has 0 N–H and O–H groups in total. The molecule has 0 spiro atoms. The lowest BCUT2D eigenvalue weighted by Crippen LogP contribution is -2.46. The van der Waals surface area contributed by atoms with E-state index < -0.39 is 0 Å². The highest BCUT2D eigenvalue weighted by molar-refractivity contribution is 6.02. The van der Waals surface area contributed by atoms with Gasteiger partial charge >= 0.3 is 0 Å². The van der Waals surface area contributed by atoms with Crippen LogP contribution in [0.25, 0.3) is 0 Å². The maximum Gasteiger partial charge on any atom is 0.227 e. The number of Topliss-reactive ketones (excluding diaryl/α,β-unsaturated/α-hetero) is 1. The lowest BCUT2D eigenvalue weighted by Gasteiger charge is -2.33. The van der Waals surface area contributed by atoms with E-state index in [1.54, 1.807) is 0 Å². The Morgan fingerprint density at radius 3 is 2.82 bits per heavy atom. The predicted molar refractivity (Wildman–Crippen MR) is 62.8 cm³/mol. The van der Waals surface area contributed by atoms with Gasteiger partial charge in [-0.05, 0) is 18.1 Å². The molecule has 3 heteroatoms. The van der Waals surface area contributed by atoms with Gasteiger partial charge in [-0.15, -0.1) is 0 Å². The number of anilines is 1. The van der Waals surface area contributed by atoms with E-state index in [0.29, 0.717) is 18.6 Å². The van der Waals surface area contributed by atoms with Crippen molar-refractivity contribution < 1.29 is 9.59 Å². The molecule has 1 amide bonds. The average molecular weight is 227 g/mol. The van der Waals surface area contributed by atoms with E-state index in [4.69, 9.17) is 0 Å². The molecule has 2 fully saturated rings. The van der Waals surface area contributed by atoms with Gasteiger partial charge in [-0.3, -0.25) is 9.59 Å². The van der Waals surface area contributed by atoms with E-state index in [0.717, 1.165) is 12.1 Å². The van der Waals surface area contributed by atoms with Gasteiger partial charge in [0.2, 0.25) is 5.91 Å². The van der Waals surface area contributed by atoms with E-state index >= 15 is 0 Å². The number of nitrogens with zero attached hydrogens (tertiary/aromatic N) is 1. The molecule has 1 aromatic rings. The van der Waals surface area contributed by atoms with Crippen molar-refractivity contribution in [3.63, 3.8) is 0 Å². The Morgan fingerprint density at radius 1 is 1.12 bits per heavy atom. The number of ketones is 1. The zero-order valence-corrected chi connectivity index (χ0v) is 9.43. The number of hydrogen-bond acceptors (Lipinski definition) is 2. The number of para-hydroxylation sites is 1. The Bertz CT molecular complexity index is 537. The van der Waals surface area contributed by atoms with Crippen molar-refractivity contribution in [3.8, 4) is 0 Å². The van der Waals surface area contributed by atoms with Crippen molar-refractivity contribution in [2.45, 2.75) is 31.2 Å². The minimum Gasteiger partial charge on any atom is -0.308 e. The van der Waals surface area contributed by atoms with Crippen LogP contribution in [0.3, 0.4) is 0 Å². The van der Waals surface area contributed by atoms with E-state index in [-0.39, 0.29) is 23.8 Å². The number of carbonyl (C=O) groups is 2. The highest BCUT2D eigenvalue weighted by Crippen LogP contribution is 2.53. The Labute approximate surface area is 99.4 Å². The zero-order valence-electron chi connectivity index (χ0n) is 9.43. The minimum atomic E-state index is 0.0881. The standard InChI is InChI=1S/C14H13NO2/c16-12-7-10-8-3-1-2-4-11(8)15-13(17)6-5-9(12)14(10)15/h1-4,9-10,14H,5-7H2/t9-,10-,14-/m0/s1. The van der Waals surface area contributed by atoms with Gasteiger partial charge in [-0.1, -0.05) is 18.2 Å². The van der Waals surface area contributed by atoms with Gasteiger partial charge in [0.1, 0.15) is 5.78 Å². The summed E-state index contributed by atoms with van der Waals surface area (Å²) in [5.74, 6) is 0.890. The van der Waals surface area contributed by atoms with E-state index in [9.17, 15) is 9.59 Å². The van der Waals surface area contributed by atoms with Crippen molar-refractivity contribution in [2.24, 2.45) is 5.92 Å². The van der Waals surface area contributed by atoms with Gasteiger partial charge in [0.25, 0.3) is 0 Å². The minimum absolute atomic E-state index is 0.0881. The van der Waals surface area contributed by atoms with Crippen LogP contribution in [0.15, 0.2) is 24.3 Å². The summed E-state index contributed by atoms with van der Waals surface area (Å²) in [4.78, 5) is 26.0. The number of amides is 1. The van der Waals surface area contributed by atoms with Gasteiger partial charge in [-0.25, -0.2) is 0 Å². The number of piperidine rings is 1. The Kier molecular flexibility index (Phi) is 1.64. The lowest BCUT2D eigenvalue weighted by molar-refractivity contribution is -0.124. The van der Waals surface area contributed by atoms with Crippen molar-refractivity contribution in [2.75, 3.05) is 4.90 Å². The van der Waals surface area contributed by atoms with Crippen LogP contribution in [0.2, 0.25) is 0 Å². The molecule has 1 aliphatic carbocycles. The van der Waals surface area contributed by atoms with Crippen LogP contribution in [0.4, 0.5) is 5.69 Å². The summed E-state index contributed by atoms with van der Waals surface area (Å²) < 4.78 is 0. The first-order chi connectivity index (χ1) is 8.27. The van der Waals surface area contributed by atoms with Crippen LogP contribution in [0.5, 0.6) is 0 Å². The molecule has 2 aliphatic heterocycles. The normalized spacial score (nSPS) is 33.9. The molecule has 1 saturated carbocycles. The fraction of sp³-hybridized carbons (Fsp3) is 0.429. The number of rotatable bonds is 0. The molecule has 0 aromatic heterocycles. The molecule has 3 atom stereocenters. The van der Waals surface area contributed by atoms with Crippen LogP contribution in [-0.2, 0) is 9.59 Å². The topological polar surface area (TPSA) is 37.4 Å². The highest BCUT2D eigenvalue weighted by atomic mass is 16.2. The number of hydrogen-bond donors (Lipinski definition) is 0. The van der Waals surface area contributed by atoms with Crippen LogP contribution >= 0.6 is 0 Å². The average Bonchev–Trinajstić information content (AvgIpc) is 2.82. The highest BCUT2D eigenvalue weighted by Gasteiger charge is 2.54. The second kappa shape index (κ2) is 2.97. The first-order valence-electron chi connectivity index (χ1n) is 6.21. The molecule has 3 nitrogen and oxygen atoms in total. The Morgan fingerprint density at radius 2 is 1.94 bits per heavy atom. The summed E-state index contributed by atoms with van der Waals surface area (Å²) in [5.41, 5.74) is 2.24. The molecule has 0 unspecified atom stereocenters. The summed E-state index contributed by atoms with van der Waals surface area (Å²) in [5, 5.41) is 0. The van der Waals surface area contributed by atoms with Crippen molar-refractivity contribution in [1.29, 1.82) is 0 Å². The Hall–Kier alpha value is -1.64. The number of benzene rings is 1. The van der Waals surface area contributed by atoms with Crippen LogP contribution in [-0.4, -0.2) is 17.7 Å². The summed E-state index contributed by atoms with van der Waals surface area (Å²) in [6.45, 7) is 0. The molecule has 1 aromatic carbocycles. The quantitative estimate of drug-likeness (QED) is 0.678. The van der Waals surface area contributed by atoms with Crippen LogP contribution < -0.4 is 4.90 Å². The Balaban J connectivity index is 1.93. The molecular formula is C14H13NO2. The molecule has 17 heavy (non-hydrogen) atoms. The molecule has 3 aliphatic rings. The zero-order chi connectivity index (χ0) is 11.6. The number of fused-ring (bicyclic) bond motifs is 3. The first kappa shape index (κ1) is 9.40. The van der Waals surface area contributed by atoms with Crippen molar-refractivity contribution in [1.82, 2.24) is 0 Å². The fourth-order valence-corrected chi connectivity index (χ4v) is 3.83. The van der Waals surface area contributed by atoms with Gasteiger partial charge in [0.05, 0.1) is 6.04 Å². The molecule has 0 radical (unpaired) electrons. The summed E-state index contributed by atoms with van der Waals surface area (Å²) in [6.07, 6.45) is 1.90. The van der Waals surface area contributed by atoms with E-state index in [2.05, 4.69) is 6.07 Å². The van der Waals surface area contributed by atoms with Gasteiger partial charge in [0.15, 0.2) is 0 Å². The third-order valence-corrected chi connectivity index (χ3v) is 4.49. The maximum absolute atomic E-state index is 12.1. The molecule has 1 saturated heterocycles. The SMILES string of the molecule is O=C1C[C@H]2c3ccccc3N3C(=O)CC[C@@H]1[C@@H]23. The second-order valence-electron chi connectivity index (χ2n) is 5.24. The molecule has 86 valence electrons. The van der Waals surface area contributed by atoms with E-state index in [1.807, 2.05) is 23.1 Å². The molecule has 0 bridgehead atoms. The van der Waals surface area contributed by atoms with Gasteiger partial charge in [0, 0.05) is 30.4 Å². The number of carbonyl (C=O) groups excluding carboxylic acids is 2. The third kappa shape index (κ3) is 1.02. The predicted octanol–water partition coefficient (Wildman–Crippen LogP) is 1.87. The van der Waals surface area contributed by atoms with Gasteiger partial charge in [-0.2, -0.15) is 0 Å². The lowest BCUT2D eigenvalue weighted by atomic mass is 9.89. The third-order valence-electron chi connectivity index (χ3n) is 4.49. The smallest absolute Gasteiger partial charge is 0.227 e. The van der Waals surface area contributed by atoms with Crippen molar-refractivity contribution >= 4 is 17.4 Å². The molecular weight excluding hydrogens is 214 g/mol. The molecule has 4 rings (SSSR count). The van der Waals surface area contributed by atoms with Crippen LogP contribution in [0, 0.1) is 5.92 Å². The first-order valence-corrected chi connectivity index (χ1v) is 6.21. The largest absolute Gasteiger partial charge is 0.308 e. The van der Waals surface area contributed by atoms with Crippen molar-refractivity contribution in [3.05, 3.63) is 29.8 Å². The molecule has 2 heterocycles. The maximum atomic E-state index is 12.1. The summed E-state index contributed by atoms with van der Waals surface area (Å²) >= 11 is 0. The summed E-state index contributed by atoms with van der Waals surface area (Å²) in [7, 11) is 0. The summed E-state index contributed by atoms with van der Waals surface area (Å²) in [6, 6.07) is 8.18. The van der Waals surface area contributed by atoms with Gasteiger partial charge < -0.3 is 4.90 Å².